The third-order valence-corrected chi connectivity index (χ3v) is 1.52. The first-order valence-corrected chi connectivity index (χ1v) is 3.72. The fourth-order valence-electron chi connectivity index (χ4n) is 0.510. The molecule has 0 spiro atoms. The molecule has 1 atom stereocenters. The van der Waals surface area contributed by atoms with Crippen molar-refractivity contribution in [1.29, 1.82) is 0 Å². The molecule has 3 nitrogen and oxygen atoms in total. The summed E-state index contributed by atoms with van der Waals surface area (Å²) in [7, 11) is 0. The minimum atomic E-state index is 0.317. The fourth-order valence-corrected chi connectivity index (χ4v) is 0.788. The Kier molecular flexibility index (Phi) is 6.51. The van der Waals surface area contributed by atoms with Gasteiger partial charge in [0.25, 0.3) is 0 Å². The standard InChI is InChI=1S/C5H15N3S/c6-1-2-8-5(3-7)4-9/h5,8-9H,1-4,6-7H2. The zero-order chi connectivity index (χ0) is 7.11. The van der Waals surface area contributed by atoms with Crippen LogP contribution in [0.25, 0.3) is 0 Å². The van der Waals surface area contributed by atoms with E-state index < -0.39 is 0 Å². The van der Waals surface area contributed by atoms with E-state index in [0.29, 0.717) is 19.1 Å². The largest absolute Gasteiger partial charge is 0.329 e. The molecular weight excluding hydrogens is 134 g/mol. The maximum absolute atomic E-state index is 5.37. The van der Waals surface area contributed by atoms with Crippen LogP contribution in [0, 0.1) is 0 Å². The first kappa shape index (κ1) is 9.23. The maximum atomic E-state index is 5.37. The molecular formula is C5H15N3S. The predicted octanol–water partition coefficient (Wildman–Crippen LogP) is -1.21. The van der Waals surface area contributed by atoms with Crippen LogP contribution in [-0.2, 0) is 0 Å². The number of nitrogens with one attached hydrogen (secondary N) is 1. The van der Waals surface area contributed by atoms with Crippen molar-refractivity contribution < 1.29 is 0 Å². The van der Waals surface area contributed by atoms with Gasteiger partial charge in [0.15, 0.2) is 0 Å². The van der Waals surface area contributed by atoms with Crippen molar-refractivity contribution in [2.45, 2.75) is 6.04 Å². The van der Waals surface area contributed by atoms with Crippen molar-refractivity contribution in [3.05, 3.63) is 0 Å². The summed E-state index contributed by atoms with van der Waals surface area (Å²) >= 11 is 4.09. The highest BCUT2D eigenvalue weighted by atomic mass is 32.1. The van der Waals surface area contributed by atoms with Crippen LogP contribution < -0.4 is 16.8 Å². The quantitative estimate of drug-likeness (QED) is 0.371. The normalized spacial score (nSPS) is 13.7. The predicted molar refractivity (Wildman–Crippen MR) is 43.8 cm³/mol. The summed E-state index contributed by atoms with van der Waals surface area (Å²) in [5.74, 6) is 0.774. The van der Waals surface area contributed by atoms with Gasteiger partial charge in [0.1, 0.15) is 0 Å². The van der Waals surface area contributed by atoms with Crippen LogP contribution in [0.4, 0.5) is 0 Å². The summed E-state index contributed by atoms with van der Waals surface area (Å²) in [5, 5.41) is 3.14. The average molecular weight is 149 g/mol. The molecule has 0 saturated carbocycles. The van der Waals surface area contributed by atoms with Gasteiger partial charge in [0.05, 0.1) is 0 Å². The van der Waals surface area contributed by atoms with Gasteiger partial charge in [-0.25, -0.2) is 0 Å². The van der Waals surface area contributed by atoms with Crippen LogP contribution in [0.15, 0.2) is 0 Å². The monoisotopic (exact) mass is 149 g/mol. The summed E-state index contributed by atoms with van der Waals surface area (Å²) in [6, 6.07) is 0.317. The highest BCUT2D eigenvalue weighted by molar-refractivity contribution is 7.80. The molecule has 0 aliphatic carbocycles. The molecule has 0 aromatic heterocycles. The van der Waals surface area contributed by atoms with Gasteiger partial charge in [0, 0.05) is 31.4 Å². The number of nitrogens with two attached hydrogens (primary N) is 2. The van der Waals surface area contributed by atoms with Crippen LogP contribution in [0.3, 0.4) is 0 Å². The molecule has 0 aliphatic heterocycles. The van der Waals surface area contributed by atoms with Crippen molar-refractivity contribution in [1.82, 2.24) is 5.32 Å². The molecule has 0 radical (unpaired) electrons. The van der Waals surface area contributed by atoms with Gasteiger partial charge in [-0.15, -0.1) is 0 Å². The van der Waals surface area contributed by atoms with Gasteiger partial charge in [-0.05, 0) is 0 Å². The topological polar surface area (TPSA) is 64.1 Å². The van der Waals surface area contributed by atoms with Crippen LogP contribution in [-0.4, -0.2) is 31.4 Å². The van der Waals surface area contributed by atoms with Crippen molar-refractivity contribution in [2.75, 3.05) is 25.4 Å². The third-order valence-electron chi connectivity index (χ3n) is 1.08. The Morgan fingerprint density at radius 1 is 1.44 bits per heavy atom. The summed E-state index contributed by atoms with van der Waals surface area (Å²) in [5.41, 5.74) is 10.6. The summed E-state index contributed by atoms with van der Waals surface area (Å²) in [6.45, 7) is 2.11. The Balaban J connectivity index is 3.09. The van der Waals surface area contributed by atoms with Gasteiger partial charge < -0.3 is 16.8 Å². The molecule has 0 rings (SSSR count). The summed E-state index contributed by atoms with van der Waals surface area (Å²) in [4.78, 5) is 0. The molecule has 0 aliphatic rings. The molecule has 0 aromatic carbocycles. The number of hydrogen-bond acceptors (Lipinski definition) is 4. The molecule has 0 heterocycles. The molecule has 0 aromatic rings. The minimum Gasteiger partial charge on any atom is -0.329 e. The van der Waals surface area contributed by atoms with E-state index in [1.165, 1.54) is 0 Å². The molecule has 0 saturated heterocycles. The lowest BCUT2D eigenvalue weighted by Gasteiger charge is -2.12. The van der Waals surface area contributed by atoms with Crippen LogP contribution >= 0.6 is 12.6 Å². The number of thiol groups is 1. The van der Waals surface area contributed by atoms with E-state index >= 15 is 0 Å². The van der Waals surface area contributed by atoms with E-state index in [9.17, 15) is 0 Å². The Morgan fingerprint density at radius 3 is 2.44 bits per heavy atom. The molecule has 1 unspecified atom stereocenters. The van der Waals surface area contributed by atoms with Gasteiger partial charge in [0.2, 0.25) is 0 Å². The van der Waals surface area contributed by atoms with Crippen molar-refractivity contribution >= 4 is 12.6 Å². The molecule has 0 fully saturated rings. The third kappa shape index (κ3) is 4.72. The Bertz CT molecular complexity index is 56.2. The lowest BCUT2D eigenvalue weighted by molar-refractivity contribution is 0.571. The lowest BCUT2D eigenvalue weighted by atomic mass is 10.3. The average Bonchev–Trinajstić information content (AvgIpc) is 1.91. The molecule has 0 amide bonds. The van der Waals surface area contributed by atoms with Gasteiger partial charge >= 0.3 is 0 Å². The van der Waals surface area contributed by atoms with Gasteiger partial charge in [-0.2, -0.15) is 12.6 Å². The zero-order valence-electron chi connectivity index (χ0n) is 5.51. The highest BCUT2D eigenvalue weighted by Gasteiger charge is 1.99. The van der Waals surface area contributed by atoms with Crippen LogP contribution in [0.5, 0.6) is 0 Å². The Morgan fingerprint density at radius 2 is 2.11 bits per heavy atom. The Hall–Kier alpha value is 0.230. The van der Waals surface area contributed by atoms with Crippen LogP contribution in [0.1, 0.15) is 0 Å². The summed E-state index contributed by atoms with van der Waals surface area (Å²) < 4.78 is 0. The van der Waals surface area contributed by atoms with E-state index in [0.717, 1.165) is 12.3 Å². The molecule has 9 heavy (non-hydrogen) atoms. The maximum Gasteiger partial charge on any atom is 0.0278 e. The number of hydrogen-bond donors (Lipinski definition) is 4. The molecule has 56 valence electrons. The number of rotatable bonds is 5. The lowest BCUT2D eigenvalue weighted by Crippen LogP contribution is -2.40. The van der Waals surface area contributed by atoms with E-state index in [1.807, 2.05) is 0 Å². The van der Waals surface area contributed by atoms with Gasteiger partial charge in [-0.3, -0.25) is 0 Å². The van der Waals surface area contributed by atoms with Crippen LogP contribution in [0.2, 0.25) is 0 Å². The van der Waals surface area contributed by atoms with Crippen molar-refractivity contribution in [3.8, 4) is 0 Å². The SMILES string of the molecule is NCCNC(CN)CS. The van der Waals surface area contributed by atoms with Gasteiger partial charge in [-0.1, -0.05) is 0 Å². The molecule has 4 heteroatoms. The molecule has 0 bridgehead atoms. The van der Waals surface area contributed by atoms with Crippen molar-refractivity contribution in [3.63, 3.8) is 0 Å². The second kappa shape index (κ2) is 6.35. The second-order valence-electron chi connectivity index (χ2n) is 1.86. The van der Waals surface area contributed by atoms with E-state index in [1.54, 1.807) is 0 Å². The van der Waals surface area contributed by atoms with E-state index in [4.69, 9.17) is 11.5 Å². The fraction of sp³-hybridized carbons (Fsp3) is 1.00. The van der Waals surface area contributed by atoms with E-state index in [-0.39, 0.29) is 0 Å². The first-order chi connectivity index (χ1) is 4.35. The highest BCUT2D eigenvalue weighted by Crippen LogP contribution is 1.82. The van der Waals surface area contributed by atoms with Crippen molar-refractivity contribution in [2.24, 2.45) is 11.5 Å². The summed E-state index contributed by atoms with van der Waals surface area (Å²) in [6.07, 6.45) is 0. The molecule has 5 N–H and O–H groups in total. The van der Waals surface area contributed by atoms with E-state index in [2.05, 4.69) is 17.9 Å². The first-order valence-electron chi connectivity index (χ1n) is 3.09. The second-order valence-corrected chi connectivity index (χ2v) is 2.22. The zero-order valence-corrected chi connectivity index (χ0v) is 6.40. The Labute approximate surface area is 61.6 Å². The smallest absolute Gasteiger partial charge is 0.0278 e. The minimum absolute atomic E-state index is 0.317.